The van der Waals surface area contributed by atoms with Gasteiger partial charge in [0.2, 0.25) is 0 Å². The predicted octanol–water partition coefficient (Wildman–Crippen LogP) is 2.03. The van der Waals surface area contributed by atoms with Crippen molar-refractivity contribution in [2.75, 3.05) is 0 Å². The number of para-hydroxylation sites is 1. The molecular formula is C13H15N3O. The molecule has 0 bridgehead atoms. The molecule has 0 aliphatic heterocycles. The molecule has 0 unspecified atom stereocenters. The number of nitrogens with two attached hydrogens (primary N) is 1. The summed E-state index contributed by atoms with van der Waals surface area (Å²) in [4.78, 5) is 20.2. The van der Waals surface area contributed by atoms with Crippen molar-refractivity contribution in [3.63, 3.8) is 0 Å². The van der Waals surface area contributed by atoms with Gasteiger partial charge in [-0.1, -0.05) is 39.0 Å². The second-order valence-electron chi connectivity index (χ2n) is 5.03. The second kappa shape index (κ2) is 3.80. The van der Waals surface area contributed by atoms with Gasteiger partial charge in [-0.25, -0.2) is 9.97 Å². The molecule has 0 aliphatic carbocycles. The topological polar surface area (TPSA) is 68.9 Å². The van der Waals surface area contributed by atoms with E-state index in [1.54, 1.807) is 0 Å². The minimum absolute atomic E-state index is 0.214. The fourth-order valence-electron chi connectivity index (χ4n) is 1.60. The van der Waals surface area contributed by atoms with E-state index in [2.05, 4.69) is 9.97 Å². The van der Waals surface area contributed by atoms with E-state index in [1.807, 2.05) is 45.0 Å². The Morgan fingerprint density at radius 2 is 1.82 bits per heavy atom. The Balaban J connectivity index is 2.81. The minimum Gasteiger partial charge on any atom is -0.364 e. The number of primary amides is 1. The van der Waals surface area contributed by atoms with Gasteiger partial charge in [0.1, 0.15) is 11.5 Å². The lowest BCUT2D eigenvalue weighted by molar-refractivity contribution is 0.0997. The van der Waals surface area contributed by atoms with Crippen LogP contribution in [0.1, 0.15) is 37.1 Å². The van der Waals surface area contributed by atoms with Gasteiger partial charge in [-0.3, -0.25) is 4.79 Å². The van der Waals surface area contributed by atoms with Crippen LogP contribution in [0.3, 0.4) is 0 Å². The number of hydrogen-bond donors (Lipinski definition) is 1. The minimum atomic E-state index is -0.519. The lowest BCUT2D eigenvalue weighted by Gasteiger charge is -2.17. The number of rotatable bonds is 1. The van der Waals surface area contributed by atoms with Crippen molar-refractivity contribution < 1.29 is 4.79 Å². The maximum absolute atomic E-state index is 11.4. The third-order valence-electron chi connectivity index (χ3n) is 2.51. The summed E-state index contributed by atoms with van der Waals surface area (Å²) in [6.07, 6.45) is 0. The Morgan fingerprint density at radius 1 is 1.18 bits per heavy atom. The first kappa shape index (κ1) is 11.5. The van der Waals surface area contributed by atoms with Gasteiger partial charge in [-0.2, -0.15) is 0 Å². The number of nitrogens with zero attached hydrogens (tertiary/aromatic N) is 2. The number of benzene rings is 1. The zero-order chi connectivity index (χ0) is 12.6. The van der Waals surface area contributed by atoms with Gasteiger partial charge in [-0.15, -0.1) is 0 Å². The van der Waals surface area contributed by atoms with E-state index in [0.29, 0.717) is 16.9 Å². The predicted molar refractivity (Wildman–Crippen MR) is 66.8 cm³/mol. The van der Waals surface area contributed by atoms with Gasteiger partial charge in [0, 0.05) is 10.8 Å². The summed E-state index contributed by atoms with van der Waals surface area (Å²) in [7, 11) is 0. The average Bonchev–Trinajstić information content (AvgIpc) is 2.26. The lowest BCUT2D eigenvalue weighted by atomic mass is 9.95. The third kappa shape index (κ3) is 2.11. The molecule has 4 heteroatoms. The van der Waals surface area contributed by atoms with E-state index in [1.165, 1.54) is 0 Å². The summed E-state index contributed by atoms with van der Waals surface area (Å²) in [5.74, 6) is 0.110. The van der Waals surface area contributed by atoms with E-state index in [0.717, 1.165) is 5.52 Å². The zero-order valence-corrected chi connectivity index (χ0v) is 10.2. The van der Waals surface area contributed by atoms with E-state index >= 15 is 0 Å². The van der Waals surface area contributed by atoms with Crippen molar-refractivity contribution in [1.29, 1.82) is 0 Å². The molecule has 4 nitrogen and oxygen atoms in total. The number of aromatic nitrogens is 2. The van der Waals surface area contributed by atoms with Crippen LogP contribution in [-0.4, -0.2) is 15.9 Å². The molecule has 88 valence electrons. The molecule has 0 atom stereocenters. The quantitative estimate of drug-likeness (QED) is 0.813. The van der Waals surface area contributed by atoms with E-state index in [9.17, 15) is 4.79 Å². The van der Waals surface area contributed by atoms with Crippen LogP contribution in [0.15, 0.2) is 24.3 Å². The van der Waals surface area contributed by atoms with Crippen molar-refractivity contribution in [3.05, 3.63) is 35.8 Å². The van der Waals surface area contributed by atoms with Crippen molar-refractivity contribution in [2.45, 2.75) is 26.2 Å². The summed E-state index contributed by atoms with van der Waals surface area (Å²) in [5.41, 5.74) is 6.19. The molecule has 17 heavy (non-hydrogen) atoms. The number of amides is 1. The van der Waals surface area contributed by atoms with Gasteiger partial charge in [0.05, 0.1) is 5.52 Å². The number of hydrogen-bond acceptors (Lipinski definition) is 3. The number of carbonyl (C=O) groups is 1. The van der Waals surface area contributed by atoms with Crippen LogP contribution in [0.4, 0.5) is 0 Å². The molecule has 2 aromatic rings. The highest BCUT2D eigenvalue weighted by atomic mass is 16.1. The molecule has 1 aromatic heterocycles. The van der Waals surface area contributed by atoms with Crippen LogP contribution in [-0.2, 0) is 5.41 Å². The van der Waals surface area contributed by atoms with Crippen LogP contribution in [0.25, 0.3) is 10.9 Å². The zero-order valence-electron chi connectivity index (χ0n) is 10.2. The van der Waals surface area contributed by atoms with Gasteiger partial charge in [0.25, 0.3) is 5.91 Å². The fraction of sp³-hybridized carbons (Fsp3) is 0.308. The summed E-state index contributed by atoms with van der Waals surface area (Å²) >= 11 is 0. The van der Waals surface area contributed by atoms with Crippen LogP contribution in [0.5, 0.6) is 0 Å². The SMILES string of the molecule is CC(C)(C)c1nc(C(N)=O)c2ccccc2n1. The Morgan fingerprint density at radius 3 is 2.41 bits per heavy atom. The Hall–Kier alpha value is -1.97. The molecule has 1 amide bonds. The van der Waals surface area contributed by atoms with Crippen molar-refractivity contribution in [2.24, 2.45) is 5.73 Å². The second-order valence-corrected chi connectivity index (χ2v) is 5.03. The van der Waals surface area contributed by atoms with Gasteiger partial charge in [-0.05, 0) is 6.07 Å². The summed E-state index contributed by atoms with van der Waals surface area (Å²) in [5, 5.41) is 0.702. The van der Waals surface area contributed by atoms with Gasteiger partial charge < -0.3 is 5.73 Å². The molecule has 2 N–H and O–H groups in total. The molecule has 0 aliphatic rings. The third-order valence-corrected chi connectivity index (χ3v) is 2.51. The maximum Gasteiger partial charge on any atom is 0.268 e. The van der Waals surface area contributed by atoms with Gasteiger partial charge >= 0.3 is 0 Å². The smallest absolute Gasteiger partial charge is 0.268 e. The molecule has 1 aromatic carbocycles. The summed E-state index contributed by atoms with van der Waals surface area (Å²) in [6.45, 7) is 6.01. The number of carbonyl (C=O) groups excluding carboxylic acids is 1. The monoisotopic (exact) mass is 229 g/mol. The fourth-order valence-corrected chi connectivity index (χ4v) is 1.60. The first-order chi connectivity index (χ1) is 7.89. The molecule has 0 radical (unpaired) electrons. The molecule has 0 saturated carbocycles. The molecule has 0 fully saturated rings. The highest BCUT2D eigenvalue weighted by Gasteiger charge is 2.21. The van der Waals surface area contributed by atoms with Crippen LogP contribution < -0.4 is 5.73 Å². The molecule has 1 heterocycles. The molecule has 2 rings (SSSR count). The van der Waals surface area contributed by atoms with E-state index in [-0.39, 0.29) is 5.41 Å². The molecular weight excluding hydrogens is 214 g/mol. The van der Waals surface area contributed by atoms with Crippen molar-refractivity contribution in [1.82, 2.24) is 9.97 Å². The highest BCUT2D eigenvalue weighted by molar-refractivity contribution is 6.03. The van der Waals surface area contributed by atoms with Crippen LogP contribution in [0.2, 0.25) is 0 Å². The number of fused-ring (bicyclic) bond motifs is 1. The first-order valence-corrected chi connectivity index (χ1v) is 5.46. The Kier molecular flexibility index (Phi) is 2.58. The van der Waals surface area contributed by atoms with Crippen molar-refractivity contribution >= 4 is 16.8 Å². The van der Waals surface area contributed by atoms with E-state index < -0.39 is 5.91 Å². The van der Waals surface area contributed by atoms with Crippen molar-refractivity contribution in [3.8, 4) is 0 Å². The maximum atomic E-state index is 11.4. The van der Waals surface area contributed by atoms with Gasteiger partial charge in [0.15, 0.2) is 0 Å². The molecule has 0 spiro atoms. The largest absolute Gasteiger partial charge is 0.364 e. The van der Waals surface area contributed by atoms with Crippen LogP contribution >= 0.6 is 0 Å². The first-order valence-electron chi connectivity index (χ1n) is 5.46. The summed E-state index contributed by atoms with van der Waals surface area (Å²) in [6, 6.07) is 7.39. The highest BCUT2D eigenvalue weighted by Crippen LogP contribution is 2.22. The molecule has 0 saturated heterocycles. The van der Waals surface area contributed by atoms with Crippen LogP contribution in [0, 0.1) is 0 Å². The average molecular weight is 229 g/mol. The normalized spacial score (nSPS) is 11.7. The standard InChI is InChI=1S/C13H15N3O/c1-13(2,3)12-15-9-7-5-4-6-8(9)10(16-12)11(14)17/h4-7H,1-3H3,(H2,14,17). The lowest BCUT2D eigenvalue weighted by Crippen LogP contribution is -2.21. The Labute approximate surface area is 99.9 Å². The summed E-state index contributed by atoms with van der Waals surface area (Å²) < 4.78 is 0. The van der Waals surface area contributed by atoms with E-state index in [4.69, 9.17) is 5.73 Å². The Bertz CT molecular complexity index is 585.